The Morgan fingerprint density at radius 1 is 0.947 bits per heavy atom. The summed E-state index contributed by atoms with van der Waals surface area (Å²) in [6.07, 6.45) is 3.33. The van der Waals surface area contributed by atoms with Crippen LogP contribution >= 0.6 is 0 Å². The molecule has 1 atom stereocenters. The van der Waals surface area contributed by atoms with Crippen molar-refractivity contribution in [2.45, 2.75) is 19.4 Å². The minimum Gasteiger partial charge on any atom is -0.369 e. The number of hydrogen-bond donors (Lipinski definition) is 0. The van der Waals surface area contributed by atoms with Crippen molar-refractivity contribution in [2.24, 2.45) is 0 Å². The second-order valence-corrected chi connectivity index (χ2v) is 5.03. The number of aryl methyl sites for hydroxylation is 1. The molecule has 3 rings (SSSR count). The zero-order valence-corrected chi connectivity index (χ0v) is 11.2. The van der Waals surface area contributed by atoms with Crippen LogP contribution in [-0.4, -0.2) is 6.61 Å². The van der Waals surface area contributed by atoms with E-state index in [0.717, 1.165) is 6.42 Å². The Balaban J connectivity index is 1.81. The Labute approximate surface area is 114 Å². The monoisotopic (exact) mass is 250 g/mol. The highest BCUT2D eigenvalue weighted by atomic mass is 16.5. The van der Waals surface area contributed by atoms with E-state index in [9.17, 15) is 0 Å². The van der Waals surface area contributed by atoms with Crippen LogP contribution in [0.1, 0.15) is 29.2 Å². The van der Waals surface area contributed by atoms with E-state index >= 15 is 0 Å². The van der Waals surface area contributed by atoms with E-state index in [-0.39, 0.29) is 6.10 Å². The van der Waals surface area contributed by atoms with Gasteiger partial charge in [-0.3, -0.25) is 0 Å². The van der Waals surface area contributed by atoms with Crippen molar-refractivity contribution in [2.75, 3.05) is 6.61 Å². The van der Waals surface area contributed by atoms with Gasteiger partial charge in [0.2, 0.25) is 0 Å². The Bertz CT molecular complexity index is 566. The summed E-state index contributed by atoms with van der Waals surface area (Å²) in [5.41, 5.74) is 5.26. The maximum atomic E-state index is 5.88. The van der Waals surface area contributed by atoms with Gasteiger partial charge in [0.25, 0.3) is 0 Å². The molecular weight excluding hydrogens is 232 g/mol. The maximum absolute atomic E-state index is 5.88. The molecule has 1 aliphatic heterocycles. The highest BCUT2D eigenvalue weighted by molar-refractivity contribution is 5.66. The van der Waals surface area contributed by atoms with E-state index in [1.807, 2.05) is 0 Å². The van der Waals surface area contributed by atoms with Crippen molar-refractivity contribution in [3.63, 3.8) is 0 Å². The Kier molecular flexibility index (Phi) is 3.47. The fourth-order valence-electron chi connectivity index (χ4n) is 2.49. The predicted molar refractivity (Wildman–Crippen MR) is 78.9 cm³/mol. The van der Waals surface area contributed by atoms with Crippen LogP contribution in [0.5, 0.6) is 0 Å². The normalized spacial score (nSPS) is 19.0. The molecule has 0 spiro atoms. The lowest BCUT2D eigenvalue weighted by molar-refractivity contribution is 0.0708. The molecule has 0 aliphatic carbocycles. The first-order chi connectivity index (χ1) is 9.33. The quantitative estimate of drug-likeness (QED) is 0.760. The molecular formula is C18H18O. The summed E-state index contributed by atoms with van der Waals surface area (Å²) < 4.78 is 5.88. The summed E-state index contributed by atoms with van der Waals surface area (Å²) in [6.45, 7) is 2.81. The molecule has 0 radical (unpaired) electrons. The zero-order chi connectivity index (χ0) is 13.1. The molecule has 1 aliphatic rings. The first-order valence-electron chi connectivity index (χ1n) is 6.75. The van der Waals surface area contributed by atoms with Gasteiger partial charge in [-0.15, -0.1) is 0 Å². The number of hydrogen-bond acceptors (Lipinski definition) is 1. The van der Waals surface area contributed by atoms with E-state index in [1.54, 1.807) is 0 Å². The second kappa shape index (κ2) is 5.41. The summed E-state index contributed by atoms with van der Waals surface area (Å²) in [5.74, 6) is 0. The molecule has 0 bridgehead atoms. The number of benzene rings is 2. The van der Waals surface area contributed by atoms with Gasteiger partial charge in [-0.25, -0.2) is 0 Å². The van der Waals surface area contributed by atoms with Crippen LogP contribution in [0.25, 0.3) is 5.57 Å². The average Bonchev–Trinajstić information content (AvgIpc) is 2.49. The average molecular weight is 250 g/mol. The fourth-order valence-corrected chi connectivity index (χ4v) is 2.49. The van der Waals surface area contributed by atoms with Gasteiger partial charge >= 0.3 is 0 Å². The first-order valence-corrected chi connectivity index (χ1v) is 6.75. The van der Waals surface area contributed by atoms with Gasteiger partial charge < -0.3 is 4.74 Å². The lowest BCUT2D eigenvalue weighted by atomic mass is 9.94. The molecule has 19 heavy (non-hydrogen) atoms. The van der Waals surface area contributed by atoms with E-state index in [4.69, 9.17) is 4.74 Å². The van der Waals surface area contributed by atoms with Crippen LogP contribution in [0.3, 0.4) is 0 Å². The van der Waals surface area contributed by atoms with Crippen molar-refractivity contribution < 1.29 is 4.74 Å². The standard InChI is InChI=1S/C18H18O/c1-14-7-9-16(10-8-14)18-13-17(11-12-19-18)15-5-3-2-4-6-15/h2-11,18H,12-13H2,1H3. The largest absolute Gasteiger partial charge is 0.369 e. The molecule has 2 aromatic carbocycles. The third-order valence-electron chi connectivity index (χ3n) is 3.63. The van der Waals surface area contributed by atoms with Crippen LogP contribution in [0, 0.1) is 6.92 Å². The molecule has 1 nitrogen and oxygen atoms in total. The first kappa shape index (κ1) is 12.2. The topological polar surface area (TPSA) is 9.23 Å². The lowest BCUT2D eigenvalue weighted by Crippen LogP contribution is -2.11. The van der Waals surface area contributed by atoms with Gasteiger partial charge in [0.05, 0.1) is 12.7 Å². The molecule has 1 heteroatoms. The van der Waals surface area contributed by atoms with E-state index in [0.29, 0.717) is 6.61 Å². The van der Waals surface area contributed by atoms with Crippen LogP contribution in [0.2, 0.25) is 0 Å². The lowest BCUT2D eigenvalue weighted by Gasteiger charge is -2.24. The van der Waals surface area contributed by atoms with Gasteiger partial charge in [0.15, 0.2) is 0 Å². The Morgan fingerprint density at radius 3 is 2.42 bits per heavy atom. The van der Waals surface area contributed by atoms with Crippen molar-refractivity contribution in [3.8, 4) is 0 Å². The molecule has 0 fully saturated rings. The van der Waals surface area contributed by atoms with Crippen LogP contribution in [-0.2, 0) is 4.74 Å². The van der Waals surface area contributed by atoms with Crippen molar-refractivity contribution in [1.29, 1.82) is 0 Å². The summed E-state index contributed by atoms with van der Waals surface area (Å²) >= 11 is 0. The van der Waals surface area contributed by atoms with E-state index in [2.05, 4.69) is 67.6 Å². The number of ether oxygens (including phenoxy) is 1. The van der Waals surface area contributed by atoms with Gasteiger partial charge in [0, 0.05) is 6.42 Å². The molecule has 0 aromatic heterocycles. The van der Waals surface area contributed by atoms with Crippen LogP contribution in [0.4, 0.5) is 0 Å². The van der Waals surface area contributed by atoms with Crippen LogP contribution in [0.15, 0.2) is 60.7 Å². The third-order valence-corrected chi connectivity index (χ3v) is 3.63. The summed E-state index contributed by atoms with van der Waals surface area (Å²) in [7, 11) is 0. The van der Waals surface area contributed by atoms with Gasteiger partial charge in [-0.2, -0.15) is 0 Å². The molecule has 0 saturated heterocycles. The van der Waals surface area contributed by atoms with E-state index < -0.39 is 0 Å². The zero-order valence-electron chi connectivity index (χ0n) is 11.2. The molecule has 1 heterocycles. The molecule has 2 aromatic rings. The highest BCUT2D eigenvalue weighted by Crippen LogP contribution is 2.33. The number of rotatable bonds is 2. The van der Waals surface area contributed by atoms with Gasteiger partial charge in [-0.05, 0) is 23.6 Å². The smallest absolute Gasteiger partial charge is 0.0869 e. The predicted octanol–water partition coefficient (Wildman–Crippen LogP) is 4.54. The summed E-state index contributed by atoms with van der Waals surface area (Å²) in [4.78, 5) is 0. The van der Waals surface area contributed by atoms with E-state index in [1.165, 1.54) is 22.3 Å². The van der Waals surface area contributed by atoms with Crippen molar-refractivity contribution >= 4 is 5.57 Å². The third kappa shape index (κ3) is 2.77. The fraction of sp³-hybridized carbons (Fsp3) is 0.222. The molecule has 0 saturated carbocycles. The maximum Gasteiger partial charge on any atom is 0.0869 e. The second-order valence-electron chi connectivity index (χ2n) is 5.03. The van der Waals surface area contributed by atoms with Gasteiger partial charge in [-0.1, -0.05) is 66.2 Å². The molecule has 0 amide bonds. The van der Waals surface area contributed by atoms with Gasteiger partial charge in [0.1, 0.15) is 0 Å². The summed E-state index contributed by atoms with van der Waals surface area (Å²) in [5, 5.41) is 0. The summed E-state index contributed by atoms with van der Waals surface area (Å²) in [6, 6.07) is 19.2. The Morgan fingerprint density at radius 2 is 1.68 bits per heavy atom. The van der Waals surface area contributed by atoms with Crippen LogP contribution < -0.4 is 0 Å². The molecule has 96 valence electrons. The van der Waals surface area contributed by atoms with Crippen molar-refractivity contribution in [1.82, 2.24) is 0 Å². The molecule has 1 unspecified atom stereocenters. The SMILES string of the molecule is Cc1ccc(C2CC(c3ccccc3)=CCO2)cc1. The Hall–Kier alpha value is -1.86. The minimum absolute atomic E-state index is 0.181. The molecule has 0 N–H and O–H groups in total. The van der Waals surface area contributed by atoms with Crippen molar-refractivity contribution in [3.05, 3.63) is 77.4 Å². The highest BCUT2D eigenvalue weighted by Gasteiger charge is 2.18. The minimum atomic E-state index is 0.181.